The van der Waals surface area contributed by atoms with Crippen LogP contribution in [0.2, 0.25) is 5.02 Å². The highest BCUT2D eigenvalue weighted by molar-refractivity contribution is 7.98. The molecular weight excluding hydrogens is 308 g/mol. The molecule has 0 aliphatic heterocycles. The lowest BCUT2D eigenvalue weighted by Gasteiger charge is -2.05. The van der Waals surface area contributed by atoms with Gasteiger partial charge < -0.3 is 0 Å². The van der Waals surface area contributed by atoms with Gasteiger partial charge in [-0.1, -0.05) is 11.6 Å². The van der Waals surface area contributed by atoms with E-state index in [0.29, 0.717) is 21.2 Å². The number of nitro groups is 1. The molecule has 0 aromatic heterocycles. The zero-order chi connectivity index (χ0) is 14.7. The van der Waals surface area contributed by atoms with Gasteiger partial charge in [0.15, 0.2) is 11.6 Å². The third-order valence-electron chi connectivity index (χ3n) is 2.53. The molecule has 20 heavy (non-hydrogen) atoms. The third-order valence-corrected chi connectivity index (χ3v) is 3.94. The molecule has 2 rings (SSSR count). The number of nitrogens with zero attached hydrogens (tertiary/aromatic N) is 1. The van der Waals surface area contributed by atoms with Crippen molar-refractivity contribution in [3.8, 4) is 0 Å². The van der Waals surface area contributed by atoms with Gasteiger partial charge in [-0.15, -0.1) is 11.8 Å². The molecule has 104 valence electrons. The Hall–Kier alpha value is -1.66. The molecule has 0 fully saturated rings. The van der Waals surface area contributed by atoms with Crippen LogP contribution in [-0.4, -0.2) is 4.92 Å². The van der Waals surface area contributed by atoms with E-state index >= 15 is 0 Å². The predicted octanol–water partition coefficient (Wildman–Crippen LogP) is 4.82. The molecule has 0 radical (unpaired) electrons. The quantitative estimate of drug-likeness (QED) is 0.461. The average Bonchev–Trinajstić information content (AvgIpc) is 2.41. The standard InChI is InChI=1S/C13H8ClF2NO2S/c14-11-3-1-9(17(18)19)5-8(11)7-20-10-2-4-12(15)13(16)6-10/h1-6H,7H2. The molecule has 0 amide bonds. The number of thioether (sulfide) groups is 1. The van der Waals surface area contributed by atoms with Crippen molar-refractivity contribution in [2.75, 3.05) is 0 Å². The molecule has 0 spiro atoms. The second-order valence-electron chi connectivity index (χ2n) is 3.90. The number of rotatable bonds is 4. The first-order chi connectivity index (χ1) is 9.47. The van der Waals surface area contributed by atoms with Crippen molar-refractivity contribution in [3.63, 3.8) is 0 Å². The Morgan fingerprint density at radius 2 is 1.90 bits per heavy atom. The average molecular weight is 316 g/mol. The predicted molar refractivity (Wildman–Crippen MR) is 74.0 cm³/mol. The largest absolute Gasteiger partial charge is 0.269 e. The molecule has 2 aromatic rings. The molecule has 3 nitrogen and oxygen atoms in total. The molecule has 0 heterocycles. The topological polar surface area (TPSA) is 43.1 Å². The van der Waals surface area contributed by atoms with Gasteiger partial charge in [-0.2, -0.15) is 0 Å². The van der Waals surface area contributed by atoms with Crippen LogP contribution in [-0.2, 0) is 5.75 Å². The van der Waals surface area contributed by atoms with Crippen molar-refractivity contribution in [2.45, 2.75) is 10.6 Å². The van der Waals surface area contributed by atoms with Crippen LogP contribution >= 0.6 is 23.4 Å². The summed E-state index contributed by atoms with van der Waals surface area (Å²) in [4.78, 5) is 10.7. The van der Waals surface area contributed by atoms with Crippen molar-refractivity contribution in [2.24, 2.45) is 0 Å². The molecule has 0 unspecified atom stereocenters. The lowest BCUT2D eigenvalue weighted by molar-refractivity contribution is -0.384. The summed E-state index contributed by atoms with van der Waals surface area (Å²) in [5, 5.41) is 11.1. The Bertz CT molecular complexity index is 667. The number of nitro benzene ring substituents is 1. The molecule has 0 bridgehead atoms. The zero-order valence-corrected chi connectivity index (χ0v) is 11.5. The first-order valence-corrected chi connectivity index (χ1v) is 6.84. The Balaban J connectivity index is 2.15. The molecule has 0 aliphatic rings. The molecule has 0 N–H and O–H groups in total. The fraction of sp³-hybridized carbons (Fsp3) is 0.0769. The van der Waals surface area contributed by atoms with Gasteiger partial charge in [0.2, 0.25) is 0 Å². The van der Waals surface area contributed by atoms with Crippen LogP contribution in [0.1, 0.15) is 5.56 Å². The molecule has 2 aromatic carbocycles. The highest BCUT2D eigenvalue weighted by Crippen LogP contribution is 2.29. The van der Waals surface area contributed by atoms with Crippen LogP contribution < -0.4 is 0 Å². The highest BCUT2D eigenvalue weighted by Gasteiger charge is 2.10. The van der Waals surface area contributed by atoms with Gasteiger partial charge in [0, 0.05) is 27.8 Å². The van der Waals surface area contributed by atoms with E-state index in [0.717, 1.165) is 12.1 Å². The van der Waals surface area contributed by atoms with E-state index in [-0.39, 0.29) is 5.69 Å². The summed E-state index contributed by atoms with van der Waals surface area (Å²) in [7, 11) is 0. The fourth-order valence-corrected chi connectivity index (χ4v) is 2.69. The molecule has 0 saturated heterocycles. The first-order valence-electron chi connectivity index (χ1n) is 5.48. The minimum atomic E-state index is -0.930. The van der Waals surface area contributed by atoms with Gasteiger partial charge in [-0.3, -0.25) is 10.1 Å². The van der Waals surface area contributed by atoms with Crippen LogP contribution in [0, 0.1) is 21.7 Å². The number of hydrogen-bond donors (Lipinski definition) is 0. The zero-order valence-electron chi connectivity index (χ0n) is 9.98. The Labute approximate surface area is 122 Å². The van der Waals surface area contributed by atoms with Gasteiger partial charge in [0.05, 0.1) is 4.92 Å². The van der Waals surface area contributed by atoms with Crippen LogP contribution in [0.25, 0.3) is 0 Å². The minimum Gasteiger partial charge on any atom is -0.258 e. The molecule has 0 atom stereocenters. The number of non-ortho nitro benzene ring substituents is 1. The number of halogens is 3. The molecular formula is C13H8ClF2NO2S. The minimum absolute atomic E-state index is 0.0599. The van der Waals surface area contributed by atoms with Crippen molar-refractivity contribution in [1.82, 2.24) is 0 Å². The van der Waals surface area contributed by atoms with E-state index in [1.807, 2.05) is 0 Å². The summed E-state index contributed by atoms with van der Waals surface area (Å²) >= 11 is 7.17. The Morgan fingerprint density at radius 1 is 1.15 bits per heavy atom. The SMILES string of the molecule is O=[N+]([O-])c1ccc(Cl)c(CSc2ccc(F)c(F)c2)c1. The monoisotopic (exact) mass is 315 g/mol. The number of hydrogen-bond acceptors (Lipinski definition) is 3. The van der Waals surface area contributed by atoms with Crippen LogP contribution in [0.4, 0.5) is 14.5 Å². The lowest BCUT2D eigenvalue weighted by Crippen LogP contribution is -1.91. The van der Waals surface area contributed by atoms with E-state index in [9.17, 15) is 18.9 Å². The summed E-state index contributed by atoms with van der Waals surface area (Å²) in [5.74, 6) is -1.52. The number of benzene rings is 2. The van der Waals surface area contributed by atoms with Gasteiger partial charge in [0.1, 0.15) is 0 Å². The maximum atomic E-state index is 13.1. The molecule has 7 heteroatoms. The van der Waals surface area contributed by atoms with Crippen molar-refractivity contribution < 1.29 is 13.7 Å². The van der Waals surface area contributed by atoms with Crippen LogP contribution in [0.5, 0.6) is 0 Å². The summed E-state index contributed by atoms with van der Waals surface area (Å²) < 4.78 is 25.8. The van der Waals surface area contributed by atoms with Crippen LogP contribution in [0.15, 0.2) is 41.3 Å². The first kappa shape index (κ1) is 14.7. The highest BCUT2D eigenvalue weighted by atomic mass is 35.5. The fourth-order valence-electron chi connectivity index (χ4n) is 1.51. The van der Waals surface area contributed by atoms with E-state index in [4.69, 9.17) is 11.6 Å². The van der Waals surface area contributed by atoms with E-state index in [1.54, 1.807) is 0 Å². The summed E-state index contributed by atoms with van der Waals surface area (Å²) in [6.45, 7) is 0. The lowest BCUT2D eigenvalue weighted by atomic mass is 10.2. The van der Waals surface area contributed by atoms with Crippen molar-refractivity contribution >= 4 is 29.1 Å². The van der Waals surface area contributed by atoms with Gasteiger partial charge in [-0.25, -0.2) is 8.78 Å². The van der Waals surface area contributed by atoms with Gasteiger partial charge >= 0.3 is 0 Å². The second kappa shape index (κ2) is 6.19. The molecule has 0 aliphatic carbocycles. The smallest absolute Gasteiger partial charge is 0.258 e. The van der Waals surface area contributed by atoms with E-state index < -0.39 is 16.6 Å². The van der Waals surface area contributed by atoms with Crippen molar-refractivity contribution in [3.05, 3.63) is 68.7 Å². The summed E-state index contributed by atoms with van der Waals surface area (Å²) in [6, 6.07) is 7.68. The summed E-state index contributed by atoms with van der Waals surface area (Å²) in [5.41, 5.74) is 0.505. The second-order valence-corrected chi connectivity index (χ2v) is 5.35. The Morgan fingerprint density at radius 3 is 2.55 bits per heavy atom. The maximum Gasteiger partial charge on any atom is 0.269 e. The third kappa shape index (κ3) is 3.46. The van der Waals surface area contributed by atoms with E-state index in [2.05, 4.69) is 0 Å². The Kier molecular flexibility index (Phi) is 4.57. The van der Waals surface area contributed by atoms with Crippen LogP contribution in [0.3, 0.4) is 0 Å². The van der Waals surface area contributed by atoms with Gasteiger partial charge in [-0.05, 0) is 29.8 Å². The normalized spacial score (nSPS) is 10.6. The molecule has 0 saturated carbocycles. The van der Waals surface area contributed by atoms with Crippen molar-refractivity contribution in [1.29, 1.82) is 0 Å². The van der Waals surface area contributed by atoms with E-state index in [1.165, 1.54) is 36.0 Å². The van der Waals surface area contributed by atoms with Gasteiger partial charge in [0.25, 0.3) is 5.69 Å². The summed E-state index contributed by atoms with van der Waals surface area (Å²) in [6.07, 6.45) is 0. The maximum absolute atomic E-state index is 13.1.